The predicted octanol–water partition coefficient (Wildman–Crippen LogP) is 4.15. The summed E-state index contributed by atoms with van der Waals surface area (Å²) < 4.78 is 12.9. The second-order valence-electron chi connectivity index (χ2n) is 5.46. The fourth-order valence-electron chi connectivity index (χ4n) is 2.86. The minimum absolute atomic E-state index is 0.184. The molecule has 0 radical (unpaired) electrons. The lowest BCUT2D eigenvalue weighted by molar-refractivity contribution is 0.463. The first-order valence-corrected chi connectivity index (χ1v) is 9.21. The van der Waals surface area contributed by atoms with Crippen molar-refractivity contribution in [3.63, 3.8) is 0 Å². The molecule has 1 aliphatic rings. The average Bonchev–Trinajstić information content (AvgIpc) is 2.70. The molecule has 4 heteroatoms. The van der Waals surface area contributed by atoms with Crippen molar-refractivity contribution in [3.8, 4) is 0 Å². The summed E-state index contributed by atoms with van der Waals surface area (Å²) in [5.41, 5.74) is 0. The average molecular weight is 314 g/mol. The SMILES string of the molecule is CCCNC1CCCCCC1S(=O)c1ccccc1Cl. The summed E-state index contributed by atoms with van der Waals surface area (Å²) in [6.45, 7) is 3.17. The van der Waals surface area contributed by atoms with Crippen LogP contribution in [0.2, 0.25) is 5.02 Å². The van der Waals surface area contributed by atoms with E-state index in [0.717, 1.165) is 30.7 Å². The van der Waals surface area contributed by atoms with Crippen LogP contribution in [0.3, 0.4) is 0 Å². The van der Waals surface area contributed by atoms with Gasteiger partial charge in [0.05, 0.1) is 26.0 Å². The Balaban J connectivity index is 2.17. The highest BCUT2D eigenvalue weighted by molar-refractivity contribution is 7.85. The molecule has 2 rings (SSSR count). The van der Waals surface area contributed by atoms with Crippen LogP contribution < -0.4 is 5.32 Å². The van der Waals surface area contributed by atoms with E-state index in [1.807, 2.05) is 24.3 Å². The maximum absolute atomic E-state index is 12.9. The number of rotatable bonds is 5. The van der Waals surface area contributed by atoms with Gasteiger partial charge in [0.1, 0.15) is 0 Å². The number of nitrogens with one attached hydrogen (secondary N) is 1. The van der Waals surface area contributed by atoms with Crippen LogP contribution in [0.4, 0.5) is 0 Å². The minimum atomic E-state index is -1.02. The van der Waals surface area contributed by atoms with E-state index in [1.165, 1.54) is 19.3 Å². The van der Waals surface area contributed by atoms with E-state index in [-0.39, 0.29) is 5.25 Å². The third kappa shape index (κ3) is 4.06. The van der Waals surface area contributed by atoms with Gasteiger partial charge in [0, 0.05) is 6.04 Å². The standard InChI is InChI=1S/C16H24ClNOS/c1-2-12-18-14-9-4-3-5-11-16(14)20(19)15-10-7-6-8-13(15)17/h6-8,10,14,16,18H,2-5,9,11-12H2,1H3. The molecule has 0 aliphatic heterocycles. The third-order valence-electron chi connectivity index (χ3n) is 3.94. The van der Waals surface area contributed by atoms with Crippen LogP contribution in [-0.2, 0) is 10.8 Å². The first kappa shape index (κ1) is 16.0. The van der Waals surface area contributed by atoms with Crippen molar-refractivity contribution in [2.45, 2.75) is 61.6 Å². The van der Waals surface area contributed by atoms with E-state index < -0.39 is 10.8 Å². The lowest BCUT2D eigenvalue weighted by Crippen LogP contribution is -2.41. The van der Waals surface area contributed by atoms with E-state index in [2.05, 4.69) is 12.2 Å². The van der Waals surface area contributed by atoms with Gasteiger partial charge >= 0.3 is 0 Å². The molecule has 0 aromatic heterocycles. The molecule has 1 aliphatic carbocycles. The normalized spacial score (nSPS) is 25.1. The Morgan fingerprint density at radius 1 is 1.25 bits per heavy atom. The van der Waals surface area contributed by atoms with E-state index in [4.69, 9.17) is 11.6 Å². The molecule has 1 fully saturated rings. The molecule has 112 valence electrons. The Labute approximate surface area is 129 Å². The van der Waals surface area contributed by atoms with Crippen molar-refractivity contribution in [3.05, 3.63) is 29.3 Å². The molecule has 3 atom stereocenters. The Bertz CT molecular complexity index is 452. The van der Waals surface area contributed by atoms with E-state index in [0.29, 0.717) is 11.1 Å². The van der Waals surface area contributed by atoms with E-state index >= 15 is 0 Å². The smallest absolute Gasteiger partial charge is 0.0591 e. The molecule has 1 aromatic carbocycles. The van der Waals surface area contributed by atoms with Crippen molar-refractivity contribution in [2.75, 3.05) is 6.54 Å². The summed E-state index contributed by atoms with van der Waals surface area (Å²) >= 11 is 6.22. The molecule has 2 nitrogen and oxygen atoms in total. The van der Waals surface area contributed by atoms with Crippen molar-refractivity contribution in [2.24, 2.45) is 0 Å². The van der Waals surface area contributed by atoms with Gasteiger partial charge in [-0.15, -0.1) is 0 Å². The molecule has 0 heterocycles. The van der Waals surface area contributed by atoms with Gasteiger partial charge in [-0.25, -0.2) is 0 Å². The maximum atomic E-state index is 12.9. The Morgan fingerprint density at radius 2 is 2.00 bits per heavy atom. The van der Waals surface area contributed by atoms with Gasteiger partial charge < -0.3 is 5.32 Å². The summed E-state index contributed by atoms with van der Waals surface area (Å²) in [4.78, 5) is 0.796. The highest BCUT2D eigenvalue weighted by atomic mass is 35.5. The van der Waals surface area contributed by atoms with Crippen LogP contribution in [0.25, 0.3) is 0 Å². The van der Waals surface area contributed by atoms with Crippen LogP contribution in [0.1, 0.15) is 45.4 Å². The molecule has 0 spiro atoms. The molecule has 3 unspecified atom stereocenters. The lowest BCUT2D eigenvalue weighted by Gasteiger charge is -2.26. The maximum Gasteiger partial charge on any atom is 0.0591 e. The number of hydrogen-bond acceptors (Lipinski definition) is 2. The number of benzene rings is 1. The zero-order valence-corrected chi connectivity index (χ0v) is 13.7. The van der Waals surface area contributed by atoms with Crippen molar-refractivity contribution < 1.29 is 4.21 Å². The summed E-state index contributed by atoms with van der Waals surface area (Å²) in [5, 5.41) is 4.41. The summed E-state index contributed by atoms with van der Waals surface area (Å²) in [7, 11) is -1.02. The lowest BCUT2D eigenvalue weighted by atomic mass is 10.1. The quantitative estimate of drug-likeness (QED) is 0.827. The van der Waals surface area contributed by atoms with Crippen LogP contribution in [0.15, 0.2) is 29.2 Å². The highest BCUT2D eigenvalue weighted by Gasteiger charge is 2.29. The third-order valence-corrected chi connectivity index (χ3v) is 6.28. The van der Waals surface area contributed by atoms with Crippen molar-refractivity contribution in [1.82, 2.24) is 5.32 Å². The fourth-order valence-corrected chi connectivity index (χ4v) is 4.94. The second kappa shape index (κ2) is 8.16. The monoisotopic (exact) mass is 313 g/mol. The molecule has 1 N–H and O–H groups in total. The predicted molar refractivity (Wildman–Crippen MR) is 86.8 cm³/mol. The zero-order valence-electron chi connectivity index (χ0n) is 12.1. The van der Waals surface area contributed by atoms with Gasteiger partial charge in [-0.1, -0.05) is 49.9 Å². The molecule has 1 aromatic rings. The zero-order chi connectivity index (χ0) is 14.4. The Hall–Kier alpha value is -0.380. The Kier molecular flexibility index (Phi) is 6.53. The molecule has 0 amide bonds. The summed E-state index contributed by atoms with van der Waals surface area (Å²) in [6.07, 6.45) is 6.92. The molecular weight excluding hydrogens is 290 g/mol. The molecule has 20 heavy (non-hydrogen) atoms. The van der Waals surface area contributed by atoms with Gasteiger partial charge in [0.2, 0.25) is 0 Å². The second-order valence-corrected chi connectivity index (χ2v) is 7.51. The van der Waals surface area contributed by atoms with Crippen molar-refractivity contribution in [1.29, 1.82) is 0 Å². The van der Waals surface area contributed by atoms with Gasteiger partial charge in [0.25, 0.3) is 0 Å². The van der Waals surface area contributed by atoms with E-state index in [9.17, 15) is 4.21 Å². The fraction of sp³-hybridized carbons (Fsp3) is 0.625. The minimum Gasteiger partial charge on any atom is -0.313 e. The molecule has 0 bridgehead atoms. The van der Waals surface area contributed by atoms with Crippen LogP contribution >= 0.6 is 11.6 Å². The van der Waals surface area contributed by atoms with E-state index in [1.54, 1.807) is 0 Å². The summed E-state index contributed by atoms with van der Waals surface area (Å²) in [6, 6.07) is 7.91. The van der Waals surface area contributed by atoms with Crippen LogP contribution in [0.5, 0.6) is 0 Å². The Morgan fingerprint density at radius 3 is 2.75 bits per heavy atom. The number of halogens is 1. The largest absolute Gasteiger partial charge is 0.313 e. The molecule has 0 saturated heterocycles. The topological polar surface area (TPSA) is 29.1 Å². The van der Waals surface area contributed by atoms with Gasteiger partial charge in [0.15, 0.2) is 0 Å². The highest BCUT2D eigenvalue weighted by Crippen LogP contribution is 2.29. The summed E-state index contributed by atoms with van der Waals surface area (Å²) in [5.74, 6) is 0. The van der Waals surface area contributed by atoms with Crippen molar-refractivity contribution >= 4 is 22.4 Å². The first-order chi connectivity index (χ1) is 9.74. The van der Waals surface area contributed by atoms with Gasteiger partial charge in [-0.3, -0.25) is 4.21 Å². The number of hydrogen-bond donors (Lipinski definition) is 1. The molecular formula is C16H24ClNOS. The van der Waals surface area contributed by atoms with Crippen LogP contribution in [0, 0.1) is 0 Å². The first-order valence-electron chi connectivity index (χ1n) is 7.62. The van der Waals surface area contributed by atoms with Gasteiger partial charge in [-0.2, -0.15) is 0 Å². The van der Waals surface area contributed by atoms with Crippen LogP contribution in [-0.4, -0.2) is 22.0 Å². The van der Waals surface area contributed by atoms with Gasteiger partial charge in [-0.05, 0) is 37.9 Å². The molecule has 1 saturated carbocycles.